The van der Waals surface area contributed by atoms with Crippen LogP contribution in [0.1, 0.15) is 17.2 Å². The molecule has 0 amide bonds. The molecule has 1 unspecified atom stereocenters. The van der Waals surface area contributed by atoms with E-state index in [1.54, 1.807) is 12.4 Å². The van der Waals surface area contributed by atoms with E-state index >= 15 is 0 Å². The van der Waals surface area contributed by atoms with Gasteiger partial charge in [0.2, 0.25) is 0 Å². The number of pyridine rings is 1. The molecule has 0 aliphatic carbocycles. The number of ether oxygens (including phenoxy) is 1. The third-order valence-electron chi connectivity index (χ3n) is 3.40. The van der Waals surface area contributed by atoms with Gasteiger partial charge in [-0.1, -0.05) is 36.4 Å². The van der Waals surface area contributed by atoms with Crippen LogP contribution in [0, 0.1) is 0 Å². The first-order valence-corrected chi connectivity index (χ1v) is 7.13. The molecule has 0 saturated carbocycles. The van der Waals surface area contributed by atoms with E-state index in [0.29, 0.717) is 13.1 Å². The number of esters is 1. The Morgan fingerprint density at radius 3 is 2.64 bits per heavy atom. The number of benzene rings is 1. The van der Waals surface area contributed by atoms with Gasteiger partial charge in [0.1, 0.15) is 6.04 Å². The zero-order valence-electron chi connectivity index (χ0n) is 12.6. The van der Waals surface area contributed by atoms with E-state index in [9.17, 15) is 9.90 Å². The molecule has 1 aromatic heterocycles. The van der Waals surface area contributed by atoms with Gasteiger partial charge < -0.3 is 9.84 Å². The number of nitrogens with zero attached hydrogens (tertiary/aromatic N) is 2. The number of methoxy groups -OCH3 is 1. The molecule has 2 rings (SSSR count). The Labute approximate surface area is 130 Å². The summed E-state index contributed by atoms with van der Waals surface area (Å²) in [5.74, 6) is -0.344. The molecule has 5 nitrogen and oxygen atoms in total. The van der Waals surface area contributed by atoms with E-state index in [2.05, 4.69) is 4.98 Å². The maximum absolute atomic E-state index is 12.3. The lowest BCUT2D eigenvalue weighted by Gasteiger charge is -2.29. The summed E-state index contributed by atoms with van der Waals surface area (Å²) in [5.41, 5.74) is 1.81. The minimum absolute atomic E-state index is 0.0411. The molecule has 0 aliphatic heterocycles. The third-order valence-corrected chi connectivity index (χ3v) is 3.40. The van der Waals surface area contributed by atoms with E-state index in [1.165, 1.54) is 7.11 Å². The monoisotopic (exact) mass is 300 g/mol. The van der Waals surface area contributed by atoms with Crippen LogP contribution in [0.4, 0.5) is 0 Å². The minimum Gasteiger partial charge on any atom is -0.468 e. The Kier molecular flexibility index (Phi) is 6.06. The van der Waals surface area contributed by atoms with Crippen LogP contribution < -0.4 is 0 Å². The molecule has 0 bridgehead atoms. The molecule has 2 aromatic rings. The molecule has 0 radical (unpaired) electrons. The molecule has 1 N–H and O–H groups in total. The number of hydrogen-bond acceptors (Lipinski definition) is 5. The van der Waals surface area contributed by atoms with Crippen molar-refractivity contribution in [2.75, 3.05) is 20.3 Å². The molecule has 1 heterocycles. The molecule has 0 fully saturated rings. The zero-order valence-corrected chi connectivity index (χ0v) is 12.6. The predicted molar refractivity (Wildman–Crippen MR) is 82.9 cm³/mol. The second-order valence-electron chi connectivity index (χ2n) is 4.89. The molecule has 0 spiro atoms. The topological polar surface area (TPSA) is 62.7 Å². The summed E-state index contributed by atoms with van der Waals surface area (Å²) in [6.45, 7) is 0.827. The number of rotatable bonds is 7. The lowest BCUT2D eigenvalue weighted by Crippen LogP contribution is -2.36. The van der Waals surface area contributed by atoms with E-state index in [4.69, 9.17) is 4.74 Å². The van der Waals surface area contributed by atoms with Crippen LogP contribution >= 0.6 is 0 Å². The molecular formula is C17H20N2O3. The summed E-state index contributed by atoms with van der Waals surface area (Å²) in [6.07, 6.45) is 3.46. The first-order valence-electron chi connectivity index (χ1n) is 7.13. The van der Waals surface area contributed by atoms with Crippen molar-refractivity contribution in [1.82, 2.24) is 9.88 Å². The van der Waals surface area contributed by atoms with Gasteiger partial charge in [0, 0.05) is 25.5 Å². The Morgan fingerprint density at radius 2 is 2.05 bits per heavy atom. The number of aromatic nitrogens is 1. The Bertz CT molecular complexity index is 575. The molecule has 0 saturated heterocycles. The highest BCUT2D eigenvalue weighted by Gasteiger charge is 2.28. The SMILES string of the molecule is COC(=O)C(c1ccccc1)N(CCO)Cc1cccnc1. The van der Waals surface area contributed by atoms with Gasteiger partial charge >= 0.3 is 5.97 Å². The molecule has 1 aromatic carbocycles. The van der Waals surface area contributed by atoms with Gasteiger partial charge in [-0.2, -0.15) is 0 Å². The van der Waals surface area contributed by atoms with Crippen LogP contribution in [0.15, 0.2) is 54.9 Å². The van der Waals surface area contributed by atoms with Crippen molar-refractivity contribution in [2.24, 2.45) is 0 Å². The second kappa shape index (κ2) is 8.26. The molecular weight excluding hydrogens is 280 g/mol. The summed E-state index contributed by atoms with van der Waals surface area (Å²) < 4.78 is 4.95. The maximum atomic E-state index is 12.3. The number of aliphatic hydroxyl groups excluding tert-OH is 1. The fraction of sp³-hybridized carbons (Fsp3) is 0.294. The normalized spacial score (nSPS) is 12.1. The molecule has 116 valence electrons. The van der Waals surface area contributed by atoms with Gasteiger partial charge in [-0.25, -0.2) is 4.79 Å². The van der Waals surface area contributed by atoms with Crippen LogP contribution in [0.3, 0.4) is 0 Å². The van der Waals surface area contributed by atoms with Gasteiger partial charge in [-0.05, 0) is 17.2 Å². The smallest absolute Gasteiger partial charge is 0.327 e. The lowest BCUT2D eigenvalue weighted by atomic mass is 10.0. The van der Waals surface area contributed by atoms with Gasteiger partial charge in [-0.15, -0.1) is 0 Å². The van der Waals surface area contributed by atoms with Gasteiger partial charge in [-0.3, -0.25) is 9.88 Å². The van der Waals surface area contributed by atoms with Crippen molar-refractivity contribution in [3.8, 4) is 0 Å². The number of carbonyl (C=O) groups excluding carboxylic acids is 1. The first kappa shape index (κ1) is 16.1. The lowest BCUT2D eigenvalue weighted by molar-refractivity contribution is -0.147. The predicted octanol–water partition coefficient (Wildman–Crippen LogP) is 1.79. The van der Waals surface area contributed by atoms with Crippen molar-refractivity contribution in [2.45, 2.75) is 12.6 Å². The highest BCUT2D eigenvalue weighted by Crippen LogP contribution is 2.23. The Hall–Kier alpha value is -2.24. The molecule has 5 heteroatoms. The van der Waals surface area contributed by atoms with Gasteiger partial charge in [0.15, 0.2) is 0 Å². The van der Waals surface area contributed by atoms with E-state index < -0.39 is 6.04 Å². The highest BCUT2D eigenvalue weighted by atomic mass is 16.5. The summed E-state index contributed by atoms with van der Waals surface area (Å²) >= 11 is 0. The summed E-state index contributed by atoms with van der Waals surface area (Å²) in [5, 5.41) is 9.36. The standard InChI is InChI=1S/C17H20N2O3/c1-22-17(21)16(15-7-3-2-4-8-15)19(10-11-20)13-14-6-5-9-18-12-14/h2-9,12,16,20H,10-11,13H2,1H3. The van der Waals surface area contributed by atoms with Gasteiger partial charge in [0.25, 0.3) is 0 Å². The third kappa shape index (κ3) is 4.13. The van der Waals surface area contributed by atoms with Crippen molar-refractivity contribution < 1.29 is 14.6 Å². The van der Waals surface area contributed by atoms with Crippen LogP contribution in [-0.2, 0) is 16.1 Å². The van der Waals surface area contributed by atoms with E-state index in [-0.39, 0.29) is 12.6 Å². The van der Waals surface area contributed by atoms with Gasteiger partial charge in [0.05, 0.1) is 13.7 Å². The number of carbonyl (C=O) groups is 1. The Balaban J connectivity index is 2.30. The summed E-state index contributed by atoms with van der Waals surface area (Å²) in [7, 11) is 1.37. The van der Waals surface area contributed by atoms with Crippen molar-refractivity contribution >= 4 is 5.97 Å². The number of hydrogen-bond donors (Lipinski definition) is 1. The minimum atomic E-state index is -0.557. The van der Waals surface area contributed by atoms with Crippen molar-refractivity contribution in [3.63, 3.8) is 0 Å². The Morgan fingerprint density at radius 1 is 1.27 bits per heavy atom. The average Bonchev–Trinajstić information content (AvgIpc) is 2.57. The quantitative estimate of drug-likeness (QED) is 0.790. The van der Waals surface area contributed by atoms with E-state index in [0.717, 1.165) is 11.1 Å². The van der Waals surface area contributed by atoms with Crippen molar-refractivity contribution in [3.05, 3.63) is 66.0 Å². The molecule has 22 heavy (non-hydrogen) atoms. The molecule has 0 aliphatic rings. The summed E-state index contributed by atoms with van der Waals surface area (Å²) in [6, 6.07) is 12.7. The van der Waals surface area contributed by atoms with Crippen molar-refractivity contribution in [1.29, 1.82) is 0 Å². The van der Waals surface area contributed by atoms with Crippen LogP contribution in [0.5, 0.6) is 0 Å². The maximum Gasteiger partial charge on any atom is 0.327 e. The van der Waals surface area contributed by atoms with Crippen LogP contribution in [0.25, 0.3) is 0 Å². The van der Waals surface area contributed by atoms with E-state index in [1.807, 2.05) is 47.4 Å². The highest BCUT2D eigenvalue weighted by molar-refractivity contribution is 5.77. The molecule has 1 atom stereocenters. The zero-order chi connectivity index (χ0) is 15.8. The number of aliphatic hydroxyl groups is 1. The largest absolute Gasteiger partial charge is 0.468 e. The van der Waals surface area contributed by atoms with Crippen LogP contribution in [0.2, 0.25) is 0 Å². The van der Waals surface area contributed by atoms with Crippen LogP contribution in [-0.4, -0.2) is 41.2 Å². The first-order chi connectivity index (χ1) is 10.8. The average molecular weight is 300 g/mol. The summed E-state index contributed by atoms with van der Waals surface area (Å²) in [4.78, 5) is 18.2. The second-order valence-corrected chi connectivity index (χ2v) is 4.89. The fourth-order valence-corrected chi connectivity index (χ4v) is 2.40. The fourth-order valence-electron chi connectivity index (χ4n) is 2.40.